The first-order chi connectivity index (χ1) is 47.9. The number of rotatable bonds is 16. The maximum Gasteiger partial charge on any atom is 0.180 e. The Labute approximate surface area is 579 Å². The van der Waals surface area contributed by atoms with Crippen LogP contribution in [-0.4, -0.2) is 153 Å². The van der Waals surface area contributed by atoms with E-state index in [0.717, 1.165) is 124 Å². The molecular weight excluding hydrogens is 1230 g/mol. The van der Waals surface area contributed by atoms with Gasteiger partial charge in [0.2, 0.25) is 0 Å². The number of likely N-dealkylation sites (N-methyl/N-ethyl adjacent to an activating group) is 1. The van der Waals surface area contributed by atoms with Crippen LogP contribution in [0, 0.1) is 6.92 Å². The second-order valence-corrected chi connectivity index (χ2v) is 31.9. The van der Waals surface area contributed by atoms with Gasteiger partial charge in [-0.2, -0.15) is 0 Å². The molecular formula is C79H92N18O2. The number of aryl methyl sites for hydroxylation is 1. The third-order valence-electron chi connectivity index (χ3n) is 24.7. The minimum Gasteiger partial charge on any atom is -0.448 e. The van der Waals surface area contributed by atoms with E-state index in [2.05, 4.69) is 180 Å². The molecule has 10 saturated carbocycles. The topological polar surface area (TPSA) is 199 Å². The molecule has 2 saturated heterocycles. The summed E-state index contributed by atoms with van der Waals surface area (Å²) in [4.78, 5) is 50.5. The van der Waals surface area contributed by atoms with E-state index in [1.165, 1.54) is 95.0 Å². The van der Waals surface area contributed by atoms with Gasteiger partial charge in [-0.05, 0) is 159 Å². The number of nitrogens with two attached hydrogens (primary N) is 1. The van der Waals surface area contributed by atoms with Crippen molar-refractivity contribution in [2.45, 2.75) is 182 Å². The molecule has 11 aromatic heterocycles. The van der Waals surface area contributed by atoms with Gasteiger partial charge in [0.15, 0.2) is 6.39 Å². The van der Waals surface area contributed by atoms with Gasteiger partial charge in [0, 0.05) is 158 Å². The van der Waals surface area contributed by atoms with Crippen LogP contribution in [0.3, 0.4) is 0 Å². The maximum atomic E-state index is 5.88. The van der Waals surface area contributed by atoms with Crippen LogP contribution in [0.15, 0.2) is 146 Å². The third kappa shape index (κ3) is 10.2. The molecule has 510 valence electrons. The van der Waals surface area contributed by atoms with Gasteiger partial charge in [-0.1, -0.05) is 39.8 Å². The van der Waals surface area contributed by atoms with Crippen LogP contribution in [0.4, 0.5) is 5.82 Å². The number of anilines is 1. The SMILES string of the molecule is CC(C)c1nc(-c2cnc3ccn(C(C)c4ccccn4)c3c2)cn1C12CC(N3CCN(C)CC3)(C1)C2.CC(C)c1nc(-c2cnc3ccn(C(C)c4ccccn4)c3c2)cn1C12CC(N3CCOCC3)(C1)C2.Cc1cc(-c2cn(C34CC(c5cnco5)(C3)C4)c(C3CC3)n2)cnc1N. The van der Waals surface area contributed by atoms with Crippen LogP contribution in [-0.2, 0) is 26.8 Å². The number of nitrogens with zero attached hydrogens (tertiary/aromatic N) is 17. The van der Waals surface area contributed by atoms with Crippen molar-refractivity contribution in [3.05, 3.63) is 181 Å². The summed E-state index contributed by atoms with van der Waals surface area (Å²) in [7, 11) is 2.24. The standard InChI is InChI=1S/C30H37N7.C29H34N6O.C20H21N5O/c1-21(2)28-33-26(17-37(28)30-18-29(19-30,20-30)35-13-11-34(4)12-14-35)23-15-27-25(32-16-23)8-10-36(27)22(3)24-7-5-6-9-31-24;1-20(2)27-32-25(16-35(27)29-17-28(18-29,19-29)33-10-12-36-13-11-33)22-14-26-24(31-15-22)7-9-34(26)21(3)23-6-4-5-8-30-23;1-12-4-14(5-23-17(12)21)15-7-25(18(24-15)13-2-3-13)20-8-19(9-20,10-20)16-6-22-11-26-16/h5-10,15-17,21-22H,11-14,18-20H2,1-4H3;4-9,14-16,20-21H,10-13,17-19H2,1-3H3;4-7,11,13H,2-3,8-10H2,1H3,(H2,21,23). The predicted octanol–water partition coefficient (Wildman–Crippen LogP) is 13.4. The number of nitrogen functional groups attached to an aromatic ring is 1. The molecule has 0 radical (unpaired) electrons. The summed E-state index contributed by atoms with van der Waals surface area (Å²) >= 11 is 0. The molecule has 2 unspecified atom stereocenters. The van der Waals surface area contributed by atoms with Gasteiger partial charge in [-0.3, -0.25) is 29.7 Å². The summed E-state index contributed by atoms with van der Waals surface area (Å²) in [5.74, 6) is 6.65. The highest BCUT2D eigenvalue weighted by atomic mass is 16.5. The van der Waals surface area contributed by atoms with E-state index in [-0.39, 0.29) is 34.1 Å². The van der Waals surface area contributed by atoms with Crippen LogP contribution in [0.25, 0.3) is 55.8 Å². The van der Waals surface area contributed by atoms with Gasteiger partial charge < -0.3 is 42.6 Å². The van der Waals surface area contributed by atoms with Crippen molar-refractivity contribution < 1.29 is 9.15 Å². The minimum absolute atomic E-state index is 0.127. The first-order valence-electron chi connectivity index (χ1n) is 36.4. The summed E-state index contributed by atoms with van der Waals surface area (Å²) in [5.41, 5.74) is 21.2. The highest BCUT2D eigenvalue weighted by molar-refractivity contribution is 5.82. The van der Waals surface area contributed by atoms with E-state index < -0.39 is 0 Å². The fourth-order valence-electron chi connectivity index (χ4n) is 19.1. The molecule has 12 fully saturated rings. The Bertz CT molecular complexity index is 4770. The molecule has 99 heavy (non-hydrogen) atoms. The van der Waals surface area contributed by atoms with Crippen molar-refractivity contribution in [1.29, 1.82) is 0 Å². The molecule has 0 amide bonds. The quantitative estimate of drug-likeness (QED) is 0.0957. The van der Waals surface area contributed by atoms with E-state index in [9.17, 15) is 0 Å². The van der Waals surface area contributed by atoms with Crippen LogP contribution in [0.2, 0.25) is 0 Å². The summed E-state index contributed by atoms with van der Waals surface area (Å²) in [6.45, 7) is 24.1. The summed E-state index contributed by atoms with van der Waals surface area (Å²) in [6.07, 6.45) is 37.4. The van der Waals surface area contributed by atoms with Crippen LogP contribution in [0.1, 0.15) is 182 Å². The van der Waals surface area contributed by atoms with E-state index in [0.29, 0.717) is 34.6 Å². The second-order valence-electron chi connectivity index (χ2n) is 31.9. The summed E-state index contributed by atoms with van der Waals surface area (Å²) < 4.78 is 23.3. The van der Waals surface area contributed by atoms with Crippen molar-refractivity contribution >= 4 is 27.9 Å². The number of imidazole rings is 3. The molecule has 12 aliphatic rings. The number of fused-ring (bicyclic) bond motifs is 2. The zero-order chi connectivity index (χ0) is 67.4. The number of oxazole rings is 1. The van der Waals surface area contributed by atoms with Crippen molar-refractivity contribution in [3.8, 4) is 33.8 Å². The predicted molar refractivity (Wildman–Crippen MR) is 383 cm³/mol. The molecule has 2 aliphatic heterocycles. The van der Waals surface area contributed by atoms with Gasteiger partial charge in [-0.25, -0.2) is 24.9 Å². The monoisotopic (exact) mass is 1320 g/mol. The molecule has 23 rings (SSSR count). The Morgan fingerprint density at radius 2 is 1.00 bits per heavy atom. The number of piperazine rings is 1. The summed E-state index contributed by atoms with van der Waals surface area (Å²) in [6, 6.07) is 23.2. The van der Waals surface area contributed by atoms with Crippen molar-refractivity contribution in [3.63, 3.8) is 0 Å². The van der Waals surface area contributed by atoms with E-state index in [4.69, 9.17) is 39.8 Å². The largest absolute Gasteiger partial charge is 0.448 e. The maximum absolute atomic E-state index is 5.88. The van der Waals surface area contributed by atoms with Crippen molar-refractivity contribution in [2.75, 3.05) is 65.3 Å². The molecule has 0 aromatic carbocycles. The molecule has 10 aliphatic carbocycles. The summed E-state index contributed by atoms with van der Waals surface area (Å²) in [5, 5.41) is 0. The lowest BCUT2D eigenvalue weighted by molar-refractivity contribution is -0.221. The Balaban J connectivity index is 0.000000109. The zero-order valence-electron chi connectivity index (χ0n) is 58.6. The lowest BCUT2D eigenvalue weighted by atomic mass is 9.38. The third-order valence-corrected chi connectivity index (χ3v) is 24.7. The lowest BCUT2D eigenvalue weighted by Crippen LogP contribution is -2.80. The first-order valence-corrected chi connectivity index (χ1v) is 36.4. The van der Waals surface area contributed by atoms with E-state index in [1.54, 1.807) is 6.39 Å². The zero-order valence-corrected chi connectivity index (χ0v) is 58.6. The van der Waals surface area contributed by atoms with Gasteiger partial charge >= 0.3 is 0 Å². The number of hydrogen-bond acceptors (Lipinski definition) is 15. The van der Waals surface area contributed by atoms with Gasteiger partial charge in [0.05, 0.1) is 93.1 Å². The lowest BCUT2D eigenvalue weighted by Gasteiger charge is -2.75. The molecule has 20 nitrogen and oxygen atoms in total. The van der Waals surface area contributed by atoms with Crippen molar-refractivity contribution in [1.82, 2.24) is 82.4 Å². The molecule has 6 bridgehead atoms. The van der Waals surface area contributed by atoms with Gasteiger partial charge in [0.25, 0.3) is 0 Å². The molecule has 11 aromatic rings. The van der Waals surface area contributed by atoms with Crippen molar-refractivity contribution in [2.24, 2.45) is 0 Å². The average Bonchev–Trinajstić information content (AvgIpc) is 1.62. The minimum atomic E-state index is 0.127. The number of hydrogen-bond donors (Lipinski definition) is 1. The van der Waals surface area contributed by atoms with Crippen LogP contribution >= 0.6 is 0 Å². The average molecular weight is 1330 g/mol. The smallest absolute Gasteiger partial charge is 0.180 e. The molecule has 13 heterocycles. The normalized spacial score (nSPS) is 27.4. The van der Waals surface area contributed by atoms with E-state index in [1.807, 2.05) is 68.4 Å². The Kier molecular flexibility index (Phi) is 14.7. The number of pyridine rings is 5. The molecule has 0 spiro atoms. The number of morpholine rings is 1. The highest BCUT2D eigenvalue weighted by Gasteiger charge is 2.73. The first kappa shape index (κ1) is 62.6. The second kappa shape index (κ2) is 23.2. The molecule has 20 heteroatoms. The number of ether oxygens (including phenoxy) is 1. The van der Waals surface area contributed by atoms with Crippen LogP contribution < -0.4 is 5.73 Å². The Morgan fingerprint density at radius 1 is 0.515 bits per heavy atom. The van der Waals surface area contributed by atoms with Gasteiger partial charge in [-0.15, -0.1) is 0 Å². The fourth-order valence-corrected chi connectivity index (χ4v) is 19.1. The van der Waals surface area contributed by atoms with E-state index >= 15 is 0 Å². The highest BCUT2D eigenvalue weighted by Crippen LogP contribution is 2.73. The fraction of sp³-hybridized carbons (Fsp3) is 0.481. The Hall–Kier alpha value is -8.69. The number of aromatic nitrogens is 14. The Morgan fingerprint density at radius 3 is 1.47 bits per heavy atom. The van der Waals surface area contributed by atoms with Gasteiger partial charge in [0.1, 0.15) is 29.1 Å². The van der Waals surface area contributed by atoms with Crippen LogP contribution in [0.5, 0.6) is 0 Å². The molecule has 2 N–H and O–H groups in total. The molecule has 2 atom stereocenters.